The van der Waals surface area contributed by atoms with E-state index in [1.165, 1.54) is 218 Å². The van der Waals surface area contributed by atoms with Crippen LogP contribution in [0.5, 0.6) is 0 Å². The van der Waals surface area contributed by atoms with Gasteiger partial charge in [0, 0.05) is 80.8 Å². The highest BCUT2D eigenvalue weighted by molar-refractivity contribution is 9.11. The Morgan fingerprint density at radius 1 is 0.199 bits per heavy atom. The first-order valence-electron chi connectivity index (χ1n) is 51.0. The van der Waals surface area contributed by atoms with Gasteiger partial charge in [0.05, 0.1) is 57.1 Å². The van der Waals surface area contributed by atoms with Crippen molar-refractivity contribution in [2.45, 2.75) is 311 Å². The van der Waals surface area contributed by atoms with Gasteiger partial charge in [0.2, 0.25) is 0 Å². The van der Waals surface area contributed by atoms with Crippen LogP contribution < -0.4 is 33.4 Å². The number of hydrogen-bond donors (Lipinski definition) is 0. The second kappa shape index (κ2) is 41.9. The molecule has 0 amide bonds. The molecule has 0 spiro atoms. The Morgan fingerprint density at radius 2 is 0.362 bits per heavy atom. The van der Waals surface area contributed by atoms with Crippen molar-refractivity contribution >= 4 is 386 Å². The molecule has 24 rings (SSSR count). The van der Waals surface area contributed by atoms with E-state index in [9.17, 15) is 28.8 Å². The summed E-state index contributed by atoms with van der Waals surface area (Å²) in [6, 6.07) is 0. The number of pyridine rings is 6. The predicted molar refractivity (Wildman–Crippen MR) is 629 cm³/mol. The first-order valence-corrected chi connectivity index (χ1v) is 63.5. The standard InChI is InChI=1S/3C36H36Br2N4O2S3/c1-3-5-7-9-11-13-15-19-20(16-14-12-10-8-6-4-2)24-26-25-23(19)31-39-33-27(21(37)17-45-33)41(31)36(44)30(25)47-29(26)32-40-34-28(22(38)18-46-34)42(32)35(24)43;1-3-5-7-9-11-13-15-19-20(16-14-12-10-8-6-4-2)24-26-25-23(19)35(43)41-27-21(37)17-45-33(27)39-31(41)29(25)47-30(26)32-40-34-28(22(38)18-46-34)42(32)36(24)44;1-3-5-7-9-11-13-15-19-20(16-14-12-10-8-6-4-2)24-26-25-23(19)31-39-33-27(21(37)17-45-33)41(31)35(43)29(25)47-30(26)36(44)42-28-22(38)18-46-34(28)40-32(24)42/h3*17-18H,3-16H2,1-2H3. The zero-order valence-corrected chi connectivity index (χ0v) is 96.8. The molecule has 0 saturated carbocycles. The Balaban J connectivity index is 0.000000121. The number of halogens is 6. The van der Waals surface area contributed by atoms with Crippen LogP contribution in [0.1, 0.15) is 306 Å². The maximum Gasteiger partial charge on any atom is 0.274 e. The van der Waals surface area contributed by atoms with E-state index in [0.29, 0.717) is 31.0 Å². The van der Waals surface area contributed by atoms with E-state index >= 15 is 0 Å². The van der Waals surface area contributed by atoms with Gasteiger partial charge < -0.3 is 0 Å². The summed E-state index contributed by atoms with van der Waals surface area (Å²) in [5, 5.41) is 23.2. The fourth-order valence-electron chi connectivity index (χ4n) is 23.0. The van der Waals surface area contributed by atoms with Crippen molar-refractivity contribution in [1.82, 2.24) is 56.3 Å². The number of nitrogens with zero attached hydrogens (tertiary/aromatic N) is 12. The Hall–Kier alpha value is -6.54. The first-order chi connectivity index (χ1) is 68.9. The van der Waals surface area contributed by atoms with Crippen LogP contribution in [0.4, 0.5) is 0 Å². The predicted octanol–water partition coefficient (Wildman–Crippen LogP) is 35.6. The van der Waals surface area contributed by atoms with Crippen molar-refractivity contribution in [2.75, 3.05) is 0 Å². The van der Waals surface area contributed by atoms with Crippen LogP contribution in [0.2, 0.25) is 0 Å². The molecule has 0 bridgehead atoms. The van der Waals surface area contributed by atoms with E-state index in [4.69, 9.17) is 29.9 Å². The molecule has 0 N–H and O–H groups in total. The van der Waals surface area contributed by atoms with Gasteiger partial charge in [0.1, 0.15) is 93.1 Å². The smallest absolute Gasteiger partial charge is 0.268 e. The summed E-state index contributed by atoms with van der Waals surface area (Å²) in [4.78, 5) is 124. The Labute approximate surface area is 898 Å². The summed E-state index contributed by atoms with van der Waals surface area (Å²) >= 11 is 36.2. The minimum Gasteiger partial charge on any atom is -0.268 e. The molecule has 21 heterocycles. The summed E-state index contributed by atoms with van der Waals surface area (Å²) in [5.41, 5.74) is 16.1. The molecule has 0 aliphatic rings. The third kappa shape index (κ3) is 16.7. The van der Waals surface area contributed by atoms with Crippen molar-refractivity contribution in [3.05, 3.63) is 155 Å². The molecule has 0 aliphatic heterocycles. The monoisotopic (exact) mass is 2430 g/mol. The molecular weight excluding hydrogens is 2330 g/mol. The average Bonchev–Trinajstić information content (AvgIpc) is 1.52. The third-order valence-corrected chi connectivity index (χ3v) is 43.7. The van der Waals surface area contributed by atoms with Crippen molar-refractivity contribution in [2.24, 2.45) is 0 Å². The number of aromatic nitrogens is 12. The van der Waals surface area contributed by atoms with Crippen molar-refractivity contribution in [3.63, 3.8) is 0 Å². The average molecular weight is 2440 g/mol. The van der Waals surface area contributed by atoms with Crippen molar-refractivity contribution < 1.29 is 0 Å². The molecule has 141 heavy (non-hydrogen) atoms. The first kappa shape index (κ1) is 99.1. The third-order valence-electron chi connectivity index (χ3n) is 29.6. The zero-order valence-electron chi connectivity index (χ0n) is 79.9. The van der Waals surface area contributed by atoms with Crippen LogP contribution >= 0.6 is 198 Å². The normalized spacial score (nSPS) is 12.8. The van der Waals surface area contributed by atoms with Gasteiger partial charge in [-0.15, -0.1) is 102 Å². The fourth-order valence-corrected chi connectivity index (χ4v) is 36.0. The van der Waals surface area contributed by atoms with E-state index in [2.05, 4.69) is 137 Å². The van der Waals surface area contributed by atoms with Crippen LogP contribution in [0.3, 0.4) is 0 Å². The topological polar surface area (TPSA) is 206 Å². The van der Waals surface area contributed by atoms with E-state index in [1.807, 2.05) is 58.7 Å². The number of thiophene rings is 9. The summed E-state index contributed by atoms with van der Waals surface area (Å²) in [6.45, 7) is 13.5. The summed E-state index contributed by atoms with van der Waals surface area (Å²) in [7, 11) is 0. The van der Waals surface area contributed by atoms with Crippen LogP contribution in [0, 0.1) is 0 Å². The lowest BCUT2D eigenvalue weighted by atomic mass is 9.87. The van der Waals surface area contributed by atoms with E-state index in [0.717, 1.165) is 304 Å². The summed E-state index contributed by atoms with van der Waals surface area (Å²) in [6.07, 6.45) is 48.1. The van der Waals surface area contributed by atoms with Gasteiger partial charge in [-0.2, -0.15) is 0 Å². The second-order valence-corrected chi connectivity index (χ2v) is 52.0. The quantitative estimate of drug-likeness (QED) is 0.0259. The highest BCUT2D eigenvalue weighted by Crippen LogP contribution is 2.53. The Kier molecular flexibility index (Phi) is 29.4. The van der Waals surface area contributed by atoms with E-state index in [-0.39, 0.29) is 33.4 Å². The number of hydrogen-bond acceptors (Lipinski definition) is 21. The molecular formula is C108H108Br6N12O6S9. The van der Waals surface area contributed by atoms with E-state index < -0.39 is 0 Å². The molecule has 18 nitrogen and oxygen atoms in total. The van der Waals surface area contributed by atoms with Gasteiger partial charge in [-0.05, 0) is 206 Å². The molecule has 0 atom stereocenters. The van der Waals surface area contributed by atoms with Gasteiger partial charge in [0.25, 0.3) is 33.4 Å². The maximum absolute atomic E-state index is 14.9. The number of imidazole rings is 6. The summed E-state index contributed by atoms with van der Waals surface area (Å²) < 4.78 is 21.2. The lowest BCUT2D eigenvalue weighted by molar-refractivity contribution is 0.600. The van der Waals surface area contributed by atoms with Crippen LogP contribution in [-0.4, -0.2) is 56.3 Å². The van der Waals surface area contributed by atoms with Crippen LogP contribution in [-0.2, 0) is 38.5 Å². The van der Waals surface area contributed by atoms with E-state index in [1.54, 1.807) is 68.0 Å². The van der Waals surface area contributed by atoms with Crippen molar-refractivity contribution in [1.29, 1.82) is 0 Å². The number of fused-ring (bicyclic) bond motifs is 24. The SMILES string of the molecule is CCCCCCCCc1c(CCCCCCCC)c2c(=O)n3c(nc4scc(Br)c43)c3sc4c(c1c(=O)n1c4nc4scc(Br)c41)c23.CCCCCCCCc1c(CCCCCCCC)c2c3c(sc4c(=O)n5c(nc6scc(Br)c65)c1c43)c(=O)n1c2nc2scc(Br)c21.CCCCCCCCc1c(CCCCCCCC)c2c3c(sc4c3c1c(=O)n1c4nc3scc(Br)c31)c(=O)n1c2nc2scc(Br)c21. The van der Waals surface area contributed by atoms with Gasteiger partial charge in [-0.25, -0.2) is 29.9 Å². The minimum absolute atomic E-state index is 0.0136. The zero-order chi connectivity index (χ0) is 97.2. The maximum atomic E-state index is 14.9. The second-order valence-electron chi connectivity index (χ2n) is 38.6. The lowest BCUT2D eigenvalue weighted by Crippen LogP contribution is -2.19. The van der Waals surface area contributed by atoms with Gasteiger partial charge in [-0.3, -0.25) is 55.2 Å². The molecule has 3 aromatic carbocycles. The van der Waals surface area contributed by atoms with Gasteiger partial charge >= 0.3 is 0 Å². The largest absolute Gasteiger partial charge is 0.274 e. The molecule has 0 unspecified atom stereocenters. The Bertz CT molecular complexity index is 8840. The molecule has 732 valence electrons. The van der Waals surface area contributed by atoms with Crippen LogP contribution in [0.15, 0.2) is 87.9 Å². The molecule has 21 aromatic heterocycles. The highest BCUT2D eigenvalue weighted by atomic mass is 79.9. The lowest BCUT2D eigenvalue weighted by Gasteiger charge is -2.18. The highest BCUT2D eigenvalue weighted by Gasteiger charge is 2.37. The molecule has 0 fully saturated rings. The van der Waals surface area contributed by atoms with Gasteiger partial charge in [-0.1, -0.05) is 234 Å². The number of rotatable bonds is 42. The van der Waals surface area contributed by atoms with Crippen LogP contribution in [0.25, 0.3) is 189 Å². The molecule has 0 aliphatic carbocycles. The molecule has 0 radical (unpaired) electrons. The number of benzene rings is 3. The molecule has 33 heteroatoms. The summed E-state index contributed by atoms with van der Waals surface area (Å²) in [5.74, 6) is 0. The number of unbranched alkanes of at least 4 members (excludes halogenated alkanes) is 30. The molecule has 24 aromatic rings. The van der Waals surface area contributed by atoms with Crippen molar-refractivity contribution in [3.8, 4) is 0 Å². The Morgan fingerprint density at radius 3 is 0.574 bits per heavy atom. The van der Waals surface area contributed by atoms with Gasteiger partial charge in [0.15, 0.2) is 16.9 Å². The molecule has 0 saturated heterocycles. The minimum atomic E-state index is -0.0929. The fraction of sp³-hybridized carbons (Fsp3) is 0.444. The number of aryl methyl sites for hydroxylation is 6.